The Hall–Kier alpha value is -2.80. The molecule has 0 saturated carbocycles. The quantitative estimate of drug-likeness (QED) is 0.490. The minimum absolute atomic E-state index is 0.250. The number of nitrogens with one attached hydrogen (secondary N) is 1. The van der Waals surface area contributed by atoms with Crippen LogP contribution in [0.5, 0.6) is 5.75 Å². The maximum atomic E-state index is 9.59. The molecule has 0 radical (unpaired) electrons. The van der Waals surface area contributed by atoms with E-state index < -0.39 is 5.97 Å². The van der Waals surface area contributed by atoms with Crippen LogP contribution in [-0.2, 0) is 9.59 Å². The molecule has 4 N–H and O–H groups in total. The van der Waals surface area contributed by atoms with Gasteiger partial charge in [-0.1, -0.05) is 6.58 Å². The Kier molecular flexibility index (Phi) is 8.22. The van der Waals surface area contributed by atoms with Crippen LogP contribution in [0.1, 0.15) is 24.3 Å². The lowest BCUT2D eigenvalue weighted by molar-refractivity contribution is -0.131. The van der Waals surface area contributed by atoms with E-state index in [2.05, 4.69) is 29.7 Å². The normalized spacial score (nSPS) is 14.6. The Balaban J connectivity index is 0.000000333. The summed E-state index contributed by atoms with van der Waals surface area (Å²) in [6, 6.07) is 5.56. The van der Waals surface area contributed by atoms with Crippen LogP contribution in [0.2, 0.25) is 0 Å². The smallest absolute Gasteiger partial charge is 0.327 e. The first-order valence-corrected chi connectivity index (χ1v) is 7.84. The van der Waals surface area contributed by atoms with Gasteiger partial charge in [0.25, 0.3) is 6.47 Å². The van der Waals surface area contributed by atoms with Gasteiger partial charge in [0, 0.05) is 23.2 Å². The number of H-pyrrole nitrogens is 1. The zero-order chi connectivity index (χ0) is 18.8. The van der Waals surface area contributed by atoms with Crippen LogP contribution in [0.4, 0.5) is 0 Å². The lowest BCUT2D eigenvalue weighted by atomic mass is 9.89. The second-order valence-corrected chi connectivity index (χ2v) is 5.70. The number of aliphatic carboxylic acids is 1. The first-order chi connectivity index (χ1) is 11.9. The van der Waals surface area contributed by atoms with Crippen molar-refractivity contribution in [3.63, 3.8) is 0 Å². The minimum atomic E-state index is -0.981. The predicted molar refractivity (Wildman–Crippen MR) is 96.0 cm³/mol. The van der Waals surface area contributed by atoms with Crippen LogP contribution in [0.25, 0.3) is 10.9 Å². The van der Waals surface area contributed by atoms with Crippen molar-refractivity contribution in [2.45, 2.75) is 18.8 Å². The maximum absolute atomic E-state index is 9.59. The fourth-order valence-electron chi connectivity index (χ4n) is 2.79. The number of piperidine rings is 1. The molecule has 1 saturated heterocycles. The molecule has 1 aromatic heterocycles. The first-order valence-electron chi connectivity index (χ1n) is 7.84. The molecule has 136 valence electrons. The van der Waals surface area contributed by atoms with E-state index in [1.54, 1.807) is 6.07 Å². The van der Waals surface area contributed by atoms with Crippen LogP contribution in [-0.4, -0.2) is 57.8 Å². The summed E-state index contributed by atoms with van der Waals surface area (Å²) in [5, 5.41) is 25.3. The first kappa shape index (κ1) is 20.2. The number of aromatic amines is 1. The van der Waals surface area contributed by atoms with Crippen LogP contribution in [0.3, 0.4) is 0 Å². The van der Waals surface area contributed by atoms with Crippen molar-refractivity contribution in [2.24, 2.45) is 0 Å². The van der Waals surface area contributed by atoms with Crippen LogP contribution in [0, 0.1) is 0 Å². The average Bonchev–Trinajstić information content (AvgIpc) is 3.00. The highest BCUT2D eigenvalue weighted by atomic mass is 16.4. The van der Waals surface area contributed by atoms with Gasteiger partial charge in [0.2, 0.25) is 0 Å². The molecule has 0 unspecified atom stereocenters. The number of phenols is 1. The van der Waals surface area contributed by atoms with Crippen molar-refractivity contribution in [1.29, 1.82) is 0 Å². The molecule has 0 amide bonds. The van der Waals surface area contributed by atoms with Crippen molar-refractivity contribution in [1.82, 2.24) is 9.88 Å². The Morgan fingerprint density at radius 1 is 1.36 bits per heavy atom. The third-order valence-electron chi connectivity index (χ3n) is 4.03. The summed E-state index contributed by atoms with van der Waals surface area (Å²) in [6.45, 7) is 5.04. The second-order valence-electron chi connectivity index (χ2n) is 5.70. The number of rotatable bonds is 2. The van der Waals surface area contributed by atoms with Gasteiger partial charge in [0.05, 0.1) is 0 Å². The monoisotopic (exact) mass is 348 g/mol. The fourth-order valence-corrected chi connectivity index (χ4v) is 2.79. The second kappa shape index (κ2) is 10.1. The van der Waals surface area contributed by atoms with Gasteiger partial charge in [0.15, 0.2) is 0 Å². The topological polar surface area (TPSA) is 114 Å². The van der Waals surface area contributed by atoms with Gasteiger partial charge in [0.1, 0.15) is 5.75 Å². The van der Waals surface area contributed by atoms with Crippen molar-refractivity contribution in [3.8, 4) is 5.75 Å². The highest BCUT2D eigenvalue weighted by Crippen LogP contribution is 2.34. The van der Waals surface area contributed by atoms with Crippen LogP contribution in [0.15, 0.2) is 37.1 Å². The van der Waals surface area contributed by atoms with Crippen LogP contribution < -0.4 is 0 Å². The van der Waals surface area contributed by atoms with E-state index in [0.717, 1.165) is 24.7 Å². The maximum Gasteiger partial charge on any atom is 0.327 e. The number of hydrogen-bond acceptors (Lipinski definition) is 4. The molecule has 0 atom stereocenters. The number of phenolic OH excluding ortho intramolecular Hbond substituents is 1. The van der Waals surface area contributed by atoms with Crippen LogP contribution >= 0.6 is 0 Å². The number of fused-ring (bicyclic) bond motifs is 1. The lowest BCUT2D eigenvalue weighted by Crippen LogP contribution is -2.29. The van der Waals surface area contributed by atoms with Gasteiger partial charge in [-0.3, -0.25) is 4.79 Å². The third-order valence-corrected chi connectivity index (χ3v) is 4.03. The van der Waals surface area contributed by atoms with Gasteiger partial charge >= 0.3 is 5.97 Å². The van der Waals surface area contributed by atoms with Gasteiger partial charge in [-0.15, -0.1) is 0 Å². The molecule has 1 fully saturated rings. The van der Waals surface area contributed by atoms with Crippen molar-refractivity contribution in [2.75, 3.05) is 20.1 Å². The van der Waals surface area contributed by atoms with E-state index in [9.17, 15) is 9.90 Å². The highest BCUT2D eigenvalue weighted by molar-refractivity contribution is 5.85. The van der Waals surface area contributed by atoms with Gasteiger partial charge in [-0.2, -0.15) is 0 Å². The zero-order valence-electron chi connectivity index (χ0n) is 14.2. The zero-order valence-corrected chi connectivity index (χ0v) is 14.2. The largest absolute Gasteiger partial charge is 0.508 e. The number of hydrogen-bond donors (Lipinski definition) is 4. The molecule has 2 aromatic rings. The summed E-state index contributed by atoms with van der Waals surface area (Å²) in [5.74, 6) is -0.00183. The Morgan fingerprint density at radius 3 is 2.44 bits per heavy atom. The highest BCUT2D eigenvalue weighted by Gasteiger charge is 2.20. The summed E-state index contributed by atoms with van der Waals surface area (Å²) < 4.78 is 0. The standard InChI is InChI=1S/C14H18N2O.C3H4O2.CH2O2/c1-16-6-4-10(5-7-16)13-9-15-14-3-2-11(17)8-12(13)14;1-2-3(4)5;2-1-3/h2-3,8-10,15,17H,4-7H2,1H3;2H,1H2,(H,4,5);1H,(H,2,3). The van der Waals surface area contributed by atoms with Crippen molar-refractivity contribution < 1.29 is 24.9 Å². The molecule has 0 aliphatic carbocycles. The Morgan fingerprint density at radius 2 is 1.92 bits per heavy atom. The number of nitrogens with zero attached hydrogens (tertiary/aromatic N) is 1. The lowest BCUT2D eigenvalue weighted by Gasteiger charge is -2.28. The van der Waals surface area contributed by atoms with Gasteiger partial charge < -0.3 is 25.2 Å². The van der Waals surface area contributed by atoms with E-state index in [1.165, 1.54) is 23.8 Å². The summed E-state index contributed by atoms with van der Waals surface area (Å²) in [7, 11) is 2.18. The fraction of sp³-hybridized carbons (Fsp3) is 0.333. The van der Waals surface area contributed by atoms with E-state index in [1.807, 2.05) is 12.1 Å². The number of carboxylic acids is 1. The van der Waals surface area contributed by atoms with Gasteiger partial charge in [-0.05, 0) is 62.7 Å². The van der Waals surface area contributed by atoms with E-state index >= 15 is 0 Å². The SMILES string of the molecule is C=CC(=O)O.CN1CCC(c2c[nH]c3ccc(O)cc23)CC1.O=CO. The molecule has 0 spiro atoms. The van der Waals surface area contributed by atoms with E-state index in [4.69, 9.17) is 15.0 Å². The molecule has 1 aromatic carbocycles. The molecule has 3 rings (SSSR count). The average molecular weight is 348 g/mol. The number of carboxylic acid groups (broad SMARTS) is 2. The third kappa shape index (κ3) is 6.31. The van der Waals surface area contributed by atoms with Crippen molar-refractivity contribution >= 4 is 23.3 Å². The Bertz CT molecular complexity index is 703. The molecule has 25 heavy (non-hydrogen) atoms. The molecule has 2 heterocycles. The van der Waals surface area contributed by atoms with Gasteiger partial charge in [-0.25, -0.2) is 4.79 Å². The number of carbonyl (C=O) groups is 2. The number of benzene rings is 1. The predicted octanol–water partition coefficient (Wildman–Crippen LogP) is 2.64. The number of likely N-dealkylation sites (tertiary alicyclic amines) is 1. The molecule has 7 heteroatoms. The number of aromatic hydroxyl groups is 1. The minimum Gasteiger partial charge on any atom is -0.508 e. The molecule has 7 nitrogen and oxygen atoms in total. The summed E-state index contributed by atoms with van der Waals surface area (Å²) in [5.41, 5.74) is 2.49. The molecular formula is C18H24N2O5. The van der Waals surface area contributed by atoms with E-state index in [0.29, 0.717) is 11.7 Å². The summed E-state index contributed by atoms with van der Waals surface area (Å²) in [6.07, 6.45) is 5.36. The molecular weight excluding hydrogens is 324 g/mol. The van der Waals surface area contributed by atoms with Crippen molar-refractivity contribution in [3.05, 3.63) is 42.6 Å². The summed E-state index contributed by atoms with van der Waals surface area (Å²) >= 11 is 0. The summed E-state index contributed by atoms with van der Waals surface area (Å²) in [4.78, 5) is 23.3. The number of aromatic nitrogens is 1. The van der Waals surface area contributed by atoms with E-state index in [-0.39, 0.29) is 6.47 Å². The molecule has 1 aliphatic rings. The molecule has 1 aliphatic heterocycles. The Labute approximate surface area is 146 Å². The molecule has 0 bridgehead atoms.